The number of nitrogens with zero attached hydrogens (tertiary/aromatic N) is 1. The van der Waals surface area contributed by atoms with E-state index in [0.29, 0.717) is 6.42 Å². The molecule has 4 nitrogen and oxygen atoms in total. The highest BCUT2D eigenvalue weighted by molar-refractivity contribution is 5.98. The molecule has 3 fully saturated rings. The molecule has 18 heavy (non-hydrogen) atoms. The van der Waals surface area contributed by atoms with E-state index in [9.17, 15) is 9.59 Å². The quantitative estimate of drug-likeness (QED) is 0.777. The fourth-order valence-electron chi connectivity index (χ4n) is 3.88. The number of carbonyl (C=O) groups is 2. The van der Waals surface area contributed by atoms with Gasteiger partial charge in [0.1, 0.15) is 0 Å². The Balaban J connectivity index is 1.73. The zero-order chi connectivity index (χ0) is 12.6. The van der Waals surface area contributed by atoms with E-state index in [2.05, 4.69) is 5.32 Å². The molecule has 0 bridgehead atoms. The third-order valence-corrected chi connectivity index (χ3v) is 4.85. The maximum absolute atomic E-state index is 12.3. The largest absolute Gasteiger partial charge is 0.332 e. The molecule has 3 aliphatic rings. The summed E-state index contributed by atoms with van der Waals surface area (Å²) in [5.41, 5.74) is -0.195. The van der Waals surface area contributed by atoms with Crippen LogP contribution >= 0.6 is 0 Å². The van der Waals surface area contributed by atoms with Gasteiger partial charge in [0.2, 0.25) is 5.91 Å². The van der Waals surface area contributed by atoms with Crippen molar-refractivity contribution in [2.75, 3.05) is 0 Å². The SMILES string of the molecule is O=C1CC2(CCCC2)NC(=O)N1C1CCCCC1. The molecule has 3 amide bonds. The summed E-state index contributed by atoms with van der Waals surface area (Å²) >= 11 is 0. The molecule has 0 aromatic carbocycles. The van der Waals surface area contributed by atoms with Crippen molar-refractivity contribution < 1.29 is 9.59 Å². The van der Waals surface area contributed by atoms with Crippen LogP contribution in [-0.2, 0) is 4.79 Å². The van der Waals surface area contributed by atoms with Gasteiger partial charge in [-0.25, -0.2) is 4.79 Å². The van der Waals surface area contributed by atoms with Gasteiger partial charge >= 0.3 is 6.03 Å². The molecule has 1 heterocycles. The molecule has 0 unspecified atom stereocenters. The Morgan fingerprint density at radius 1 is 1.00 bits per heavy atom. The molecule has 100 valence electrons. The van der Waals surface area contributed by atoms with Gasteiger partial charge in [0, 0.05) is 6.04 Å². The van der Waals surface area contributed by atoms with Gasteiger partial charge in [0.25, 0.3) is 0 Å². The monoisotopic (exact) mass is 250 g/mol. The smallest absolute Gasteiger partial charge is 0.324 e. The Kier molecular flexibility index (Phi) is 3.04. The van der Waals surface area contributed by atoms with Crippen molar-refractivity contribution in [2.45, 2.75) is 75.8 Å². The van der Waals surface area contributed by atoms with Gasteiger partial charge in [-0.2, -0.15) is 0 Å². The van der Waals surface area contributed by atoms with E-state index in [-0.39, 0.29) is 23.5 Å². The molecule has 0 radical (unpaired) electrons. The number of carbonyl (C=O) groups excluding carboxylic acids is 2. The summed E-state index contributed by atoms with van der Waals surface area (Å²) in [5, 5.41) is 3.14. The topological polar surface area (TPSA) is 49.4 Å². The van der Waals surface area contributed by atoms with Crippen molar-refractivity contribution in [3.05, 3.63) is 0 Å². The zero-order valence-corrected chi connectivity index (χ0v) is 10.9. The van der Waals surface area contributed by atoms with E-state index < -0.39 is 0 Å². The van der Waals surface area contributed by atoms with E-state index in [4.69, 9.17) is 0 Å². The Bertz CT molecular complexity index is 335. The first-order chi connectivity index (χ1) is 8.70. The third kappa shape index (κ3) is 2.02. The Morgan fingerprint density at radius 2 is 1.67 bits per heavy atom. The molecule has 4 heteroatoms. The van der Waals surface area contributed by atoms with E-state index in [1.54, 1.807) is 0 Å². The van der Waals surface area contributed by atoms with Gasteiger partial charge in [-0.05, 0) is 25.7 Å². The number of rotatable bonds is 1. The lowest BCUT2D eigenvalue weighted by molar-refractivity contribution is -0.134. The molecule has 1 spiro atoms. The Hall–Kier alpha value is -1.06. The molecule has 0 atom stereocenters. The second kappa shape index (κ2) is 4.56. The molecule has 1 N–H and O–H groups in total. The van der Waals surface area contributed by atoms with Crippen LogP contribution in [0.4, 0.5) is 4.79 Å². The zero-order valence-electron chi connectivity index (χ0n) is 10.9. The third-order valence-electron chi connectivity index (χ3n) is 4.85. The van der Waals surface area contributed by atoms with E-state index in [1.165, 1.54) is 11.3 Å². The van der Waals surface area contributed by atoms with Crippen LogP contribution in [0.2, 0.25) is 0 Å². The highest BCUT2D eigenvalue weighted by Gasteiger charge is 2.46. The molecule has 1 aliphatic heterocycles. The fraction of sp³-hybridized carbons (Fsp3) is 0.857. The van der Waals surface area contributed by atoms with Gasteiger partial charge in [-0.3, -0.25) is 9.69 Å². The molecule has 2 saturated carbocycles. The Labute approximate surface area is 108 Å². The summed E-state index contributed by atoms with van der Waals surface area (Å²) < 4.78 is 0. The van der Waals surface area contributed by atoms with Crippen LogP contribution in [0.5, 0.6) is 0 Å². The van der Waals surface area contributed by atoms with E-state index in [1.807, 2.05) is 0 Å². The van der Waals surface area contributed by atoms with Crippen molar-refractivity contribution in [1.82, 2.24) is 10.2 Å². The van der Waals surface area contributed by atoms with E-state index >= 15 is 0 Å². The summed E-state index contributed by atoms with van der Waals surface area (Å²) in [6, 6.07) is 0.0325. The van der Waals surface area contributed by atoms with Crippen LogP contribution in [-0.4, -0.2) is 28.4 Å². The van der Waals surface area contributed by atoms with Crippen molar-refractivity contribution >= 4 is 11.9 Å². The van der Waals surface area contributed by atoms with Gasteiger partial charge in [-0.1, -0.05) is 32.1 Å². The molecule has 0 aromatic heterocycles. The normalized spacial score (nSPS) is 28.8. The Morgan fingerprint density at radius 3 is 2.28 bits per heavy atom. The molecule has 0 aromatic rings. The van der Waals surface area contributed by atoms with Crippen LogP contribution in [0.25, 0.3) is 0 Å². The van der Waals surface area contributed by atoms with Crippen LogP contribution in [0.1, 0.15) is 64.2 Å². The number of hydrogen-bond donors (Lipinski definition) is 1. The summed E-state index contributed by atoms with van der Waals surface area (Å²) in [7, 11) is 0. The predicted molar refractivity (Wildman–Crippen MR) is 68.1 cm³/mol. The van der Waals surface area contributed by atoms with Gasteiger partial charge in [0.05, 0.1) is 12.0 Å². The average Bonchev–Trinajstić information content (AvgIpc) is 2.77. The van der Waals surface area contributed by atoms with E-state index in [0.717, 1.165) is 51.4 Å². The second-order valence-corrected chi connectivity index (χ2v) is 6.15. The number of hydrogen-bond acceptors (Lipinski definition) is 2. The maximum atomic E-state index is 12.3. The molecule has 2 aliphatic carbocycles. The molecule has 1 saturated heterocycles. The number of urea groups is 1. The second-order valence-electron chi connectivity index (χ2n) is 6.15. The molecule has 3 rings (SSSR count). The van der Waals surface area contributed by atoms with Crippen LogP contribution < -0.4 is 5.32 Å². The van der Waals surface area contributed by atoms with Crippen molar-refractivity contribution in [2.24, 2.45) is 0 Å². The highest BCUT2D eigenvalue weighted by atomic mass is 16.2. The van der Waals surface area contributed by atoms with Gasteiger partial charge in [0.15, 0.2) is 0 Å². The molecular formula is C14H22N2O2. The van der Waals surface area contributed by atoms with Crippen LogP contribution in [0.15, 0.2) is 0 Å². The van der Waals surface area contributed by atoms with Crippen molar-refractivity contribution in [3.8, 4) is 0 Å². The van der Waals surface area contributed by atoms with Crippen molar-refractivity contribution in [1.29, 1.82) is 0 Å². The highest BCUT2D eigenvalue weighted by Crippen LogP contribution is 2.37. The first kappa shape index (κ1) is 12.0. The van der Waals surface area contributed by atoms with Gasteiger partial charge < -0.3 is 5.32 Å². The lowest BCUT2D eigenvalue weighted by atomic mass is 9.88. The minimum Gasteiger partial charge on any atom is -0.332 e. The maximum Gasteiger partial charge on any atom is 0.324 e. The minimum absolute atomic E-state index is 0.0625. The summed E-state index contributed by atoms with van der Waals surface area (Å²) in [5.74, 6) is 0.0625. The predicted octanol–water partition coefficient (Wildman–Crippen LogP) is 2.57. The van der Waals surface area contributed by atoms with Crippen molar-refractivity contribution in [3.63, 3.8) is 0 Å². The molecular weight excluding hydrogens is 228 g/mol. The number of nitrogens with one attached hydrogen (secondary N) is 1. The number of amides is 3. The first-order valence-electron chi connectivity index (χ1n) is 7.34. The summed E-state index contributed by atoms with van der Waals surface area (Å²) in [6.45, 7) is 0. The number of imide groups is 1. The summed E-state index contributed by atoms with van der Waals surface area (Å²) in [6.07, 6.45) is 10.3. The first-order valence-corrected chi connectivity index (χ1v) is 7.34. The fourth-order valence-corrected chi connectivity index (χ4v) is 3.88. The lowest BCUT2D eigenvalue weighted by Crippen LogP contribution is -2.63. The summed E-state index contributed by atoms with van der Waals surface area (Å²) in [4.78, 5) is 26.1. The van der Waals surface area contributed by atoms with Crippen LogP contribution in [0, 0.1) is 0 Å². The average molecular weight is 250 g/mol. The lowest BCUT2D eigenvalue weighted by Gasteiger charge is -2.42. The minimum atomic E-state index is -0.195. The van der Waals surface area contributed by atoms with Gasteiger partial charge in [-0.15, -0.1) is 0 Å². The van der Waals surface area contributed by atoms with Crippen LogP contribution in [0.3, 0.4) is 0 Å². The standard InChI is InChI=1S/C14H22N2O2/c17-12-10-14(8-4-5-9-14)15-13(18)16(12)11-6-2-1-3-7-11/h11H,1-10H2,(H,15,18).